The van der Waals surface area contributed by atoms with Gasteiger partial charge in [0.1, 0.15) is 11.3 Å². The van der Waals surface area contributed by atoms with Gasteiger partial charge in [-0.1, -0.05) is 53.0 Å². The highest BCUT2D eigenvalue weighted by Crippen LogP contribution is 2.29. The smallest absolute Gasteiger partial charge is 0.335 e. The van der Waals surface area contributed by atoms with Crippen molar-refractivity contribution in [3.8, 4) is 5.75 Å². The van der Waals surface area contributed by atoms with E-state index < -0.39 is 17.8 Å². The van der Waals surface area contributed by atoms with Gasteiger partial charge < -0.3 is 10.1 Å². The van der Waals surface area contributed by atoms with Crippen molar-refractivity contribution >= 4 is 64.4 Å². The van der Waals surface area contributed by atoms with E-state index in [9.17, 15) is 19.2 Å². The fraction of sp³-hybridized carbons (Fsp3) is 0.0769. The van der Waals surface area contributed by atoms with E-state index in [2.05, 4.69) is 10.6 Å². The molecule has 0 aromatic heterocycles. The second-order valence-corrected chi connectivity index (χ2v) is 8.64. The zero-order valence-corrected chi connectivity index (χ0v) is 20.4. The molecule has 1 aliphatic rings. The summed E-state index contributed by atoms with van der Waals surface area (Å²) in [5.41, 5.74) is 2.18. The van der Waals surface area contributed by atoms with Gasteiger partial charge in [0.15, 0.2) is 6.61 Å². The van der Waals surface area contributed by atoms with Crippen LogP contribution in [0.2, 0.25) is 10.0 Å². The van der Waals surface area contributed by atoms with E-state index in [0.717, 1.165) is 10.5 Å². The molecule has 182 valence electrons. The van der Waals surface area contributed by atoms with Gasteiger partial charge in [0, 0.05) is 5.69 Å². The highest BCUT2D eigenvalue weighted by Gasteiger charge is 2.37. The van der Waals surface area contributed by atoms with Crippen LogP contribution in [-0.2, 0) is 14.4 Å². The topological polar surface area (TPSA) is 105 Å². The maximum Gasteiger partial charge on any atom is 0.335 e. The van der Waals surface area contributed by atoms with Crippen LogP contribution < -0.4 is 20.3 Å². The fourth-order valence-electron chi connectivity index (χ4n) is 3.33. The Balaban J connectivity index is 1.44. The monoisotopic (exact) mass is 523 g/mol. The molecule has 36 heavy (non-hydrogen) atoms. The Morgan fingerprint density at radius 1 is 0.972 bits per heavy atom. The van der Waals surface area contributed by atoms with Crippen molar-refractivity contribution in [1.82, 2.24) is 5.32 Å². The van der Waals surface area contributed by atoms with Crippen LogP contribution in [0.1, 0.15) is 11.1 Å². The highest BCUT2D eigenvalue weighted by molar-refractivity contribution is 6.43. The van der Waals surface area contributed by atoms with Gasteiger partial charge in [0.2, 0.25) is 0 Å². The summed E-state index contributed by atoms with van der Waals surface area (Å²) in [6.07, 6.45) is 1.35. The number of amides is 5. The van der Waals surface area contributed by atoms with Crippen LogP contribution in [0.15, 0.2) is 72.3 Å². The third kappa shape index (κ3) is 5.73. The van der Waals surface area contributed by atoms with Gasteiger partial charge in [-0.15, -0.1) is 0 Å². The predicted octanol–water partition coefficient (Wildman–Crippen LogP) is 4.99. The molecule has 0 aliphatic carbocycles. The second kappa shape index (κ2) is 10.6. The number of hydrogen-bond acceptors (Lipinski definition) is 5. The Labute approximate surface area is 216 Å². The number of anilines is 2. The Hall–Kier alpha value is -4.14. The van der Waals surface area contributed by atoms with Gasteiger partial charge in [0.25, 0.3) is 17.7 Å². The summed E-state index contributed by atoms with van der Waals surface area (Å²) in [6, 6.07) is 17.1. The first-order valence-corrected chi connectivity index (χ1v) is 11.4. The molecule has 1 heterocycles. The summed E-state index contributed by atoms with van der Waals surface area (Å²) in [6.45, 7) is 1.76. The van der Waals surface area contributed by atoms with Crippen LogP contribution in [0.5, 0.6) is 5.75 Å². The Kier molecular flexibility index (Phi) is 7.38. The Bertz CT molecular complexity index is 1390. The van der Waals surface area contributed by atoms with Gasteiger partial charge in [-0.2, -0.15) is 0 Å². The quantitative estimate of drug-likeness (QED) is 0.350. The first-order valence-electron chi connectivity index (χ1n) is 10.7. The molecule has 3 aromatic carbocycles. The number of halogens is 2. The molecule has 3 aromatic rings. The average Bonchev–Trinajstić information content (AvgIpc) is 2.85. The summed E-state index contributed by atoms with van der Waals surface area (Å²) in [5, 5.41) is 5.29. The molecule has 0 atom stereocenters. The summed E-state index contributed by atoms with van der Waals surface area (Å²) in [4.78, 5) is 50.6. The highest BCUT2D eigenvalue weighted by atomic mass is 35.5. The van der Waals surface area contributed by atoms with Gasteiger partial charge >= 0.3 is 6.03 Å². The Morgan fingerprint density at radius 2 is 1.67 bits per heavy atom. The van der Waals surface area contributed by atoms with Crippen LogP contribution >= 0.6 is 23.2 Å². The number of aryl methyl sites for hydroxylation is 1. The predicted molar refractivity (Wildman–Crippen MR) is 137 cm³/mol. The van der Waals surface area contributed by atoms with Gasteiger partial charge in [-0.3, -0.25) is 19.7 Å². The molecule has 4 rings (SSSR count). The van der Waals surface area contributed by atoms with Gasteiger partial charge in [-0.05, 0) is 61.0 Å². The van der Waals surface area contributed by atoms with E-state index in [1.54, 1.807) is 36.4 Å². The Morgan fingerprint density at radius 3 is 2.33 bits per heavy atom. The van der Waals surface area contributed by atoms with Crippen molar-refractivity contribution in [2.45, 2.75) is 6.92 Å². The zero-order valence-electron chi connectivity index (χ0n) is 18.9. The lowest BCUT2D eigenvalue weighted by atomic mass is 10.1. The summed E-state index contributed by atoms with van der Waals surface area (Å²) >= 11 is 11.9. The van der Waals surface area contributed by atoms with E-state index in [4.69, 9.17) is 27.9 Å². The molecule has 0 radical (unpaired) electrons. The summed E-state index contributed by atoms with van der Waals surface area (Å²) < 4.78 is 5.51. The molecule has 2 N–H and O–H groups in total. The van der Waals surface area contributed by atoms with E-state index in [0.29, 0.717) is 17.0 Å². The molecule has 1 fully saturated rings. The standard InChI is InChI=1S/C26H19Cl2N3O5/c1-15-2-6-17(7-3-15)29-23(32)14-36-19-9-4-16(5-10-19)12-20-24(33)30-26(35)31(25(20)34)18-8-11-21(27)22(28)13-18/h2-13H,14H2,1H3,(H,29,32)(H,30,33,35)/b20-12+. The van der Waals surface area contributed by atoms with Crippen molar-refractivity contribution in [3.05, 3.63) is 93.5 Å². The van der Waals surface area contributed by atoms with Crippen molar-refractivity contribution in [2.75, 3.05) is 16.8 Å². The maximum atomic E-state index is 13.0. The molecule has 0 spiro atoms. The van der Waals surface area contributed by atoms with Gasteiger partial charge in [-0.25, -0.2) is 9.69 Å². The molecule has 8 nitrogen and oxygen atoms in total. The number of carbonyl (C=O) groups is 4. The zero-order chi connectivity index (χ0) is 25.8. The molecule has 0 unspecified atom stereocenters. The fourth-order valence-corrected chi connectivity index (χ4v) is 3.62. The normalized spacial score (nSPS) is 14.6. The van der Waals surface area contributed by atoms with Crippen molar-refractivity contribution in [2.24, 2.45) is 0 Å². The average molecular weight is 524 g/mol. The largest absolute Gasteiger partial charge is 0.484 e. The summed E-state index contributed by atoms with van der Waals surface area (Å²) in [7, 11) is 0. The number of imide groups is 2. The molecule has 1 aliphatic heterocycles. The molecular formula is C26H19Cl2N3O5. The lowest BCUT2D eigenvalue weighted by Crippen LogP contribution is -2.54. The molecule has 0 saturated carbocycles. The number of rotatable bonds is 6. The van der Waals surface area contributed by atoms with Crippen LogP contribution in [-0.4, -0.2) is 30.4 Å². The molecule has 1 saturated heterocycles. The third-order valence-electron chi connectivity index (χ3n) is 5.16. The number of ether oxygens (including phenoxy) is 1. The number of urea groups is 1. The second-order valence-electron chi connectivity index (χ2n) is 7.83. The molecule has 5 amide bonds. The minimum Gasteiger partial charge on any atom is -0.484 e. The number of nitrogens with one attached hydrogen (secondary N) is 2. The molecular weight excluding hydrogens is 505 g/mol. The number of benzene rings is 3. The number of barbiturate groups is 1. The van der Waals surface area contributed by atoms with Crippen molar-refractivity contribution < 1.29 is 23.9 Å². The minimum atomic E-state index is -0.895. The summed E-state index contributed by atoms with van der Waals surface area (Å²) in [5.74, 6) is -1.53. The number of carbonyl (C=O) groups excluding carboxylic acids is 4. The third-order valence-corrected chi connectivity index (χ3v) is 5.90. The van der Waals surface area contributed by atoms with Crippen molar-refractivity contribution in [1.29, 1.82) is 0 Å². The van der Waals surface area contributed by atoms with E-state index in [1.807, 2.05) is 19.1 Å². The SMILES string of the molecule is Cc1ccc(NC(=O)COc2ccc(/C=C3\C(=O)NC(=O)N(c4ccc(Cl)c(Cl)c4)C3=O)cc2)cc1. The first-order chi connectivity index (χ1) is 17.2. The minimum absolute atomic E-state index is 0.153. The van der Waals surface area contributed by atoms with Gasteiger partial charge in [0.05, 0.1) is 15.7 Å². The van der Waals surface area contributed by atoms with Crippen LogP contribution in [0.25, 0.3) is 6.08 Å². The van der Waals surface area contributed by atoms with Crippen LogP contribution in [0.3, 0.4) is 0 Å². The van der Waals surface area contributed by atoms with E-state index in [1.165, 1.54) is 24.3 Å². The van der Waals surface area contributed by atoms with E-state index >= 15 is 0 Å². The molecule has 10 heteroatoms. The lowest BCUT2D eigenvalue weighted by Gasteiger charge is -2.26. The van der Waals surface area contributed by atoms with E-state index in [-0.39, 0.29) is 33.8 Å². The maximum absolute atomic E-state index is 13.0. The van der Waals surface area contributed by atoms with Crippen molar-refractivity contribution in [3.63, 3.8) is 0 Å². The first kappa shape index (κ1) is 25.0. The number of hydrogen-bond donors (Lipinski definition) is 2. The molecule has 0 bridgehead atoms. The number of nitrogens with zero attached hydrogens (tertiary/aromatic N) is 1. The lowest BCUT2D eigenvalue weighted by molar-refractivity contribution is -0.122. The van der Waals surface area contributed by atoms with Crippen LogP contribution in [0, 0.1) is 6.92 Å². The van der Waals surface area contributed by atoms with Crippen LogP contribution in [0.4, 0.5) is 16.2 Å².